The monoisotopic (exact) mass is 344 g/mol. The summed E-state index contributed by atoms with van der Waals surface area (Å²) in [5.74, 6) is 0.451. The van der Waals surface area contributed by atoms with Crippen LogP contribution in [0.15, 0.2) is 54.6 Å². The lowest BCUT2D eigenvalue weighted by Gasteiger charge is -2.16. The maximum absolute atomic E-state index is 12.7. The third-order valence-corrected chi connectivity index (χ3v) is 4.82. The summed E-state index contributed by atoms with van der Waals surface area (Å²) in [7, 11) is 2.91. The van der Waals surface area contributed by atoms with E-state index in [2.05, 4.69) is 0 Å². The Bertz CT molecular complexity index is 685. The van der Waals surface area contributed by atoms with Crippen LogP contribution in [-0.4, -0.2) is 31.7 Å². The number of Topliss-reactive ketones (excluding diaryl/α,β-unsaturated/α-hetero) is 1. The number of para-hydroxylation sites is 1. The molecule has 0 saturated carbocycles. The maximum Gasteiger partial charge on any atom is 0.315 e. The summed E-state index contributed by atoms with van der Waals surface area (Å²) in [4.78, 5) is 24.2. The largest absolute Gasteiger partial charge is 0.496 e. The molecule has 0 saturated heterocycles. The van der Waals surface area contributed by atoms with E-state index in [1.54, 1.807) is 19.2 Å². The molecule has 0 radical (unpaired) electrons. The molecule has 0 bridgehead atoms. The number of carbonyl (C=O) groups excluding carboxylic acids is 2. The summed E-state index contributed by atoms with van der Waals surface area (Å²) in [5, 5.41) is -0.122. The molecule has 0 fully saturated rings. The van der Waals surface area contributed by atoms with Crippen molar-refractivity contribution in [2.45, 2.75) is 11.7 Å². The zero-order valence-corrected chi connectivity index (χ0v) is 14.5. The van der Waals surface area contributed by atoms with Gasteiger partial charge in [0.05, 0.1) is 25.5 Å². The van der Waals surface area contributed by atoms with Gasteiger partial charge in [-0.25, -0.2) is 0 Å². The van der Waals surface area contributed by atoms with Crippen molar-refractivity contribution in [3.63, 3.8) is 0 Å². The quantitative estimate of drug-likeness (QED) is 0.537. The molecule has 2 rings (SSSR count). The van der Waals surface area contributed by atoms with Crippen molar-refractivity contribution in [2.24, 2.45) is 0 Å². The van der Waals surface area contributed by atoms with Crippen LogP contribution in [0.4, 0.5) is 0 Å². The number of carbonyl (C=O) groups is 2. The number of thioether (sulfide) groups is 1. The van der Waals surface area contributed by atoms with Crippen molar-refractivity contribution in [1.82, 2.24) is 0 Å². The smallest absolute Gasteiger partial charge is 0.315 e. The lowest BCUT2D eigenvalue weighted by Crippen LogP contribution is -2.10. The van der Waals surface area contributed by atoms with Crippen LogP contribution in [-0.2, 0) is 9.53 Å². The van der Waals surface area contributed by atoms with Gasteiger partial charge in [0, 0.05) is 11.7 Å². The van der Waals surface area contributed by atoms with Gasteiger partial charge in [-0.3, -0.25) is 9.59 Å². The Kier molecular flexibility index (Phi) is 6.88. The summed E-state index contributed by atoms with van der Waals surface area (Å²) in [6.07, 6.45) is 0.284. The van der Waals surface area contributed by atoms with Crippen molar-refractivity contribution in [1.29, 1.82) is 0 Å². The summed E-state index contributed by atoms with van der Waals surface area (Å²) in [5.41, 5.74) is 1.56. The molecule has 0 heterocycles. The first-order chi connectivity index (χ1) is 11.7. The molecule has 0 amide bonds. The second-order valence-electron chi connectivity index (χ2n) is 5.11. The normalized spacial score (nSPS) is 11.6. The van der Waals surface area contributed by atoms with Gasteiger partial charge in [0.15, 0.2) is 5.78 Å². The van der Waals surface area contributed by atoms with Gasteiger partial charge >= 0.3 is 5.97 Å². The first-order valence-corrected chi connectivity index (χ1v) is 8.60. The highest BCUT2D eigenvalue weighted by atomic mass is 32.2. The fourth-order valence-electron chi connectivity index (χ4n) is 2.32. The lowest BCUT2D eigenvalue weighted by molar-refractivity contribution is -0.137. The minimum atomic E-state index is -0.300. The Morgan fingerprint density at radius 2 is 1.67 bits per heavy atom. The predicted octanol–water partition coefficient (Wildman–Crippen LogP) is 3.92. The number of esters is 1. The van der Waals surface area contributed by atoms with Crippen LogP contribution in [0.5, 0.6) is 5.75 Å². The average molecular weight is 344 g/mol. The number of hydrogen-bond acceptors (Lipinski definition) is 5. The first-order valence-electron chi connectivity index (χ1n) is 7.55. The first kappa shape index (κ1) is 18.1. The van der Waals surface area contributed by atoms with Crippen molar-refractivity contribution in [3.8, 4) is 5.75 Å². The van der Waals surface area contributed by atoms with Gasteiger partial charge in [-0.2, -0.15) is 0 Å². The van der Waals surface area contributed by atoms with Gasteiger partial charge in [-0.1, -0.05) is 42.5 Å². The molecular weight excluding hydrogens is 324 g/mol. The molecule has 0 unspecified atom stereocenters. The fourth-order valence-corrected chi connectivity index (χ4v) is 3.40. The molecule has 2 aromatic rings. The topological polar surface area (TPSA) is 52.6 Å². The molecule has 0 aliphatic rings. The van der Waals surface area contributed by atoms with Crippen LogP contribution >= 0.6 is 11.8 Å². The second kappa shape index (κ2) is 9.13. The predicted molar refractivity (Wildman–Crippen MR) is 95.6 cm³/mol. The highest BCUT2D eigenvalue weighted by Crippen LogP contribution is 2.34. The van der Waals surface area contributed by atoms with E-state index in [9.17, 15) is 9.59 Å². The molecule has 126 valence electrons. The van der Waals surface area contributed by atoms with Gasteiger partial charge < -0.3 is 9.47 Å². The standard InChI is InChI=1S/C19H20O4S/c1-22-17-11-7-6-10-15(17)16(20)12-18(24-13-19(21)23-2)14-8-4-3-5-9-14/h3-11,18H,12-13H2,1-2H3/t18-/m0/s1. The van der Waals surface area contributed by atoms with Crippen LogP contribution in [0.25, 0.3) is 0 Å². The number of hydrogen-bond donors (Lipinski definition) is 0. The molecule has 0 aliphatic carbocycles. The number of ketones is 1. The molecule has 24 heavy (non-hydrogen) atoms. The Morgan fingerprint density at radius 1 is 1.00 bits per heavy atom. The molecule has 0 aromatic heterocycles. The van der Waals surface area contributed by atoms with E-state index in [1.807, 2.05) is 42.5 Å². The Hall–Kier alpha value is -2.27. The van der Waals surface area contributed by atoms with E-state index in [4.69, 9.17) is 9.47 Å². The number of benzene rings is 2. The summed E-state index contributed by atoms with van der Waals surface area (Å²) in [6.45, 7) is 0. The molecule has 0 spiro atoms. The maximum atomic E-state index is 12.7. The average Bonchev–Trinajstić information content (AvgIpc) is 2.65. The van der Waals surface area contributed by atoms with E-state index in [0.717, 1.165) is 5.56 Å². The highest BCUT2D eigenvalue weighted by molar-refractivity contribution is 8.00. The van der Waals surface area contributed by atoms with Crippen LogP contribution in [0, 0.1) is 0 Å². The van der Waals surface area contributed by atoms with Crippen molar-refractivity contribution in [3.05, 3.63) is 65.7 Å². The third-order valence-electron chi connectivity index (χ3n) is 3.58. The van der Waals surface area contributed by atoms with Gasteiger partial charge in [0.2, 0.25) is 0 Å². The highest BCUT2D eigenvalue weighted by Gasteiger charge is 2.21. The van der Waals surface area contributed by atoms with Crippen molar-refractivity contribution >= 4 is 23.5 Å². The molecule has 0 aliphatic heterocycles. The summed E-state index contributed by atoms with van der Waals surface area (Å²) >= 11 is 1.41. The van der Waals surface area contributed by atoms with Gasteiger partial charge in [0.25, 0.3) is 0 Å². The van der Waals surface area contributed by atoms with E-state index < -0.39 is 0 Å². The van der Waals surface area contributed by atoms with E-state index in [1.165, 1.54) is 18.9 Å². The van der Waals surface area contributed by atoms with Crippen LogP contribution in [0.3, 0.4) is 0 Å². The molecule has 1 atom stereocenters. The van der Waals surface area contributed by atoms with Gasteiger partial charge in [-0.05, 0) is 17.7 Å². The number of methoxy groups -OCH3 is 2. The zero-order chi connectivity index (χ0) is 17.4. The molecule has 0 N–H and O–H groups in total. The minimum Gasteiger partial charge on any atom is -0.496 e. The molecular formula is C19H20O4S. The van der Waals surface area contributed by atoms with E-state index >= 15 is 0 Å². The summed E-state index contributed by atoms with van der Waals surface area (Å²) in [6, 6.07) is 16.9. The van der Waals surface area contributed by atoms with Gasteiger partial charge in [-0.15, -0.1) is 11.8 Å². The Morgan fingerprint density at radius 3 is 2.33 bits per heavy atom. The fraction of sp³-hybridized carbons (Fsp3) is 0.263. The van der Waals surface area contributed by atoms with Crippen LogP contribution in [0.1, 0.15) is 27.6 Å². The Labute approximate surface area is 146 Å². The van der Waals surface area contributed by atoms with Crippen LogP contribution < -0.4 is 4.74 Å². The zero-order valence-electron chi connectivity index (χ0n) is 13.7. The Balaban J connectivity index is 2.18. The number of rotatable bonds is 8. The second-order valence-corrected chi connectivity index (χ2v) is 6.31. The minimum absolute atomic E-state index is 0.0151. The third kappa shape index (κ3) is 4.86. The van der Waals surface area contributed by atoms with Crippen molar-refractivity contribution < 1.29 is 19.1 Å². The molecule has 4 nitrogen and oxygen atoms in total. The van der Waals surface area contributed by atoms with Crippen molar-refractivity contribution in [2.75, 3.05) is 20.0 Å². The lowest BCUT2D eigenvalue weighted by atomic mass is 10.0. The molecule has 2 aromatic carbocycles. The molecule has 5 heteroatoms. The van der Waals surface area contributed by atoms with E-state index in [-0.39, 0.29) is 29.2 Å². The van der Waals surface area contributed by atoms with Crippen LogP contribution in [0.2, 0.25) is 0 Å². The van der Waals surface area contributed by atoms with Gasteiger partial charge in [0.1, 0.15) is 5.75 Å². The summed E-state index contributed by atoms with van der Waals surface area (Å²) < 4.78 is 9.97. The number of ether oxygens (including phenoxy) is 2. The van der Waals surface area contributed by atoms with E-state index in [0.29, 0.717) is 11.3 Å². The SMILES string of the molecule is COC(=O)CS[C@@H](CC(=O)c1ccccc1OC)c1ccccc1.